The predicted octanol–water partition coefficient (Wildman–Crippen LogP) is 2.60. The zero-order valence-electron chi connectivity index (χ0n) is 23.9. The van der Waals surface area contributed by atoms with Crippen molar-refractivity contribution >= 4 is 23.4 Å². The number of carbonyl (C=O) groups excluding carboxylic acids is 2. The number of aromatic nitrogens is 2. The number of hydrogen-bond donors (Lipinski definition) is 0. The SMILES string of the molecule is COCCn1c(=O)c(-c2cccc(OC)c2Cl)cn(CC(=O)N2CCC(N3CCc4ccccc4CC3=O)CC2)c1=O. The second-order valence-electron chi connectivity index (χ2n) is 10.6. The first kappa shape index (κ1) is 29.6. The summed E-state index contributed by atoms with van der Waals surface area (Å²) in [5, 5.41) is 0.236. The van der Waals surface area contributed by atoms with E-state index in [4.69, 9.17) is 21.1 Å². The number of hydrogen-bond acceptors (Lipinski definition) is 6. The van der Waals surface area contributed by atoms with Gasteiger partial charge in [-0.25, -0.2) is 4.79 Å². The Hall–Kier alpha value is -3.89. The maximum atomic E-state index is 13.4. The summed E-state index contributed by atoms with van der Waals surface area (Å²) < 4.78 is 12.7. The quantitative estimate of drug-likeness (QED) is 0.397. The van der Waals surface area contributed by atoms with Gasteiger partial charge in [0.1, 0.15) is 12.3 Å². The molecule has 2 aromatic carbocycles. The third-order valence-electron chi connectivity index (χ3n) is 8.20. The van der Waals surface area contributed by atoms with E-state index in [0.717, 1.165) is 16.6 Å². The molecule has 2 amide bonds. The summed E-state index contributed by atoms with van der Waals surface area (Å²) in [5.74, 6) is 0.281. The molecule has 11 heteroatoms. The molecule has 5 rings (SSSR count). The topological polar surface area (TPSA) is 103 Å². The van der Waals surface area contributed by atoms with Crippen molar-refractivity contribution in [3.8, 4) is 16.9 Å². The average molecular weight is 595 g/mol. The molecule has 3 heterocycles. The summed E-state index contributed by atoms with van der Waals surface area (Å²) in [7, 11) is 2.96. The van der Waals surface area contributed by atoms with Crippen LogP contribution >= 0.6 is 11.6 Å². The summed E-state index contributed by atoms with van der Waals surface area (Å²) in [5.41, 5.74) is 1.76. The largest absolute Gasteiger partial charge is 0.495 e. The molecule has 0 spiro atoms. The lowest BCUT2D eigenvalue weighted by molar-refractivity contribution is -0.136. The first-order chi connectivity index (χ1) is 20.3. The van der Waals surface area contributed by atoms with Gasteiger partial charge in [0.15, 0.2) is 0 Å². The number of methoxy groups -OCH3 is 2. The van der Waals surface area contributed by atoms with Crippen LogP contribution in [-0.2, 0) is 40.3 Å². The molecular weight excluding hydrogens is 560 g/mol. The van der Waals surface area contributed by atoms with Crippen LogP contribution in [0.15, 0.2) is 58.3 Å². The molecule has 3 aromatic rings. The molecule has 42 heavy (non-hydrogen) atoms. The smallest absolute Gasteiger partial charge is 0.331 e. The number of rotatable bonds is 8. The molecule has 0 N–H and O–H groups in total. The summed E-state index contributed by atoms with van der Waals surface area (Å²) in [6.07, 6.45) is 3.95. The highest BCUT2D eigenvalue weighted by Gasteiger charge is 2.31. The molecule has 1 aromatic heterocycles. The van der Waals surface area contributed by atoms with Crippen molar-refractivity contribution in [2.45, 2.75) is 44.8 Å². The Labute approximate surface area is 249 Å². The van der Waals surface area contributed by atoms with Crippen LogP contribution in [0.25, 0.3) is 11.1 Å². The molecule has 222 valence electrons. The molecule has 0 aliphatic carbocycles. The van der Waals surface area contributed by atoms with Crippen LogP contribution in [0, 0.1) is 0 Å². The van der Waals surface area contributed by atoms with Crippen molar-refractivity contribution in [2.24, 2.45) is 0 Å². The predicted molar refractivity (Wildman–Crippen MR) is 159 cm³/mol. The van der Waals surface area contributed by atoms with Crippen molar-refractivity contribution in [2.75, 3.05) is 40.5 Å². The van der Waals surface area contributed by atoms with Crippen LogP contribution in [0.2, 0.25) is 5.02 Å². The first-order valence-corrected chi connectivity index (χ1v) is 14.5. The maximum Gasteiger partial charge on any atom is 0.331 e. The number of fused-ring (bicyclic) bond motifs is 1. The molecule has 0 saturated carbocycles. The molecule has 0 bridgehead atoms. The Morgan fingerprint density at radius 1 is 0.952 bits per heavy atom. The van der Waals surface area contributed by atoms with E-state index in [9.17, 15) is 19.2 Å². The number of amides is 2. The second-order valence-corrected chi connectivity index (χ2v) is 11.0. The highest BCUT2D eigenvalue weighted by Crippen LogP contribution is 2.33. The van der Waals surface area contributed by atoms with Crippen LogP contribution in [0.1, 0.15) is 24.0 Å². The summed E-state index contributed by atoms with van der Waals surface area (Å²) in [6, 6.07) is 13.2. The Balaban J connectivity index is 1.33. The molecule has 2 aliphatic rings. The third-order valence-corrected chi connectivity index (χ3v) is 8.59. The Morgan fingerprint density at radius 3 is 2.40 bits per heavy atom. The van der Waals surface area contributed by atoms with Gasteiger partial charge in [0.25, 0.3) is 5.56 Å². The minimum atomic E-state index is -0.599. The van der Waals surface area contributed by atoms with E-state index in [0.29, 0.717) is 50.2 Å². The van der Waals surface area contributed by atoms with Gasteiger partial charge >= 0.3 is 5.69 Å². The van der Waals surface area contributed by atoms with E-state index in [1.54, 1.807) is 23.1 Å². The molecule has 0 unspecified atom stereocenters. The number of benzene rings is 2. The molecule has 0 atom stereocenters. The maximum absolute atomic E-state index is 13.4. The lowest BCUT2D eigenvalue weighted by Gasteiger charge is -2.38. The Bertz CT molecular complexity index is 1590. The Kier molecular flexibility index (Phi) is 9.13. The molecule has 2 aliphatic heterocycles. The van der Waals surface area contributed by atoms with Crippen LogP contribution < -0.4 is 16.0 Å². The van der Waals surface area contributed by atoms with Gasteiger partial charge in [-0.05, 0) is 36.5 Å². The monoisotopic (exact) mass is 594 g/mol. The highest BCUT2D eigenvalue weighted by molar-refractivity contribution is 6.34. The number of halogens is 1. The lowest BCUT2D eigenvalue weighted by atomic mass is 10.0. The van der Waals surface area contributed by atoms with Gasteiger partial charge in [-0.3, -0.25) is 23.5 Å². The van der Waals surface area contributed by atoms with E-state index in [1.165, 1.54) is 30.5 Å². The summed E-state index contributed by atoms with van der Waals surface area (Å²) >= 11 is 6.53. The molecule has 10 nitrogen and oxygen atoms in total. The fraction of sp³-hybridized carbons (Fsp3) is 0.419. The first-order valence-electron chi connectivity index (χ1n) is 14.1. The number of likely N-dealkylation sites (tertiary alicyclic amines) is 1. The van der Waals surface area contributed by atoms with E-state index in [2.05, 4.69) is 6.07 Å². The lowest BCUT2D eigenvalue weighted by Crippen LogP contribution is -2.50. The third kappa shape index (κ3) is 6.00. The van der Waals surface area contributed by atoms with Gasteiger partial charge < -0.3 is 19.3 Å². The van der Waals surface area contributed by atoms with Crippen molar-refractivity contribution in [1.82, 2.24) is 18.9 Å². The van der Waals surface area contributed by atoms with Crippen molar-refractivity contribution < 1.29 is 19.1 Å². The molecule has 1 saturated heterocycles. The van der Waals surface area contributed by atoms with Crippen LogP contribution in [0.3, 0.4) is 0 Å². The summed E-state index contributed by atoms with van der Waals surface area (Å²) in [6.45, 7) is 1.56. The Morgan fingerprint density at radius 2 is 1.69 bits per heavy atom. The van der Waals surface area contributed by atoms with Crippen molar-refractivity contribution in [3.63, 3.8) is 0 Å². The normalized spacial score (nSPS) is 15.8. The zero-order valence-corrected chi connectivity index (χ0v) is 24.6. The minimum Gasteiger partial charge on any atom is -0.495 e. The van der Waals surface area contributed by atoms with Crippen LogP contribution in [0.5, 0.6) is 5.75 Å². The van der Waals surface area contributed by atoms with E-state index in [1.807, 2.05) is 23.1 Å². The number of piperidine rings is 1. The molecule has 0 radical (unpaired) electrons. The van der Waals surface area contributed by atoms with E-state index >= 15 is 0 Å². The minimum absolute atomic E-state index is 0.0247. The fourth-order valence-electron chi connectivity index (χ4n) is 5.87. The number of nitrogens with zero attached hydrogens (tertiary/aromatic N) is 4. The molecule has 1 fully saturated rings. The van der Waals surface area contributed by atoms with Gasteiger partial charge in [-0.1, -0.05) is 48.0 Å². The van der Waals surface area contributed by atoms with Gasteiger partial charge in [-0.15, -0.1) is 0 Å². The van der Waals surface area contributed by atoms with Gasteiger partial charge in [-0.2, -0.15) is 0 Å². The van der Waals surface area contributed by atoms with Crippen molar-refractivity contribution in [3.05, 3.63) is 85.6 Å². The average Bonchev–Trinajstić information content (AvgIpc) is 3.17. The van der Waals surface area contributed by atoms with Gasteiger partial charge in [0.2, 0.25) is 11.8 Å². The fourth-order valence-corrected chi connectivity index (χ4v) is 6.18. The van der Waals surface area contributed by atoms with Gasteiger partial charge in [0, 0.05) is 44.5 Å². The number of ether oxygens (including phenoxy) is 2. The van der Waals surface area contributed by atoms with Crippen LogP contribution in [0.4, 0.5) is 0 Å². The van der Waals surface area contributed by atoms with Gasteiger partial charge in [0.05, 0.1) is 37.3 Å². The highest BCUT2D eigenvalue weighted by atomic mass is 35.5. The summed E-state index contributed by atoms with van der Waals surface area (Å²) in [4.78, 5) is 56.9. The second kappa shape index (κ2) is 13.0. The van der Waals surface area contributed by atoms with Crippen LogP contribution in [-0.4, -0.2) is 77.3 Å². The number of carbonyl (C=O) groups is 2. The standard InChI is InChI=1S/C31H35ClN4O6/c1-41-17-16-36-30(39)25(24-8-5-9-26(42-2)29(24)32)19-34(31(36)40)20-28(38)33-13-11-23(12-14-33)35-15-10-21-6-3-4-7-22(21)18-27(35)37/h3-9,19,23H,10-18,20H2,1-2H3. The van der Waals surface area contributed by atoms with E-state index in [-0.39, 0.29) is 48.1 Å². The zero-order chi connectivity index (χ0) is 29.8. The van der Waals surface area contributed by atoms with Crippen molar-refractivity contribution in [1.29, 1.82) is 0 Å². The van der Waals surface area contributed by atoms with E-state index < -0.39 is 11.2 Å². The molecular formula is C31H35ClN4O6.